The Kier molecular flexibility index (Phi) is 7.18. The molecule has 152 valence electrons. The first-order valence-corrected chi connectivity index (χ1v) is 9.67. The number of carbonyl (C=O) groups is 1. The fraction of sp³-hybridized carbons (Fsp3) is 0.571. The van der Waals surface area contributed by atoms with Crippen molar-refractivity contribution in [3.63, 3.8) is 0 Å². The standard InChI is InChI=1S/C21H31N5O2/c1-20(2,3)19(27)22-16-12-10-15(11-13-16)18-25-23-17(24-26-18)9-7-8-14-28-21(4,5)6/h10-13H,7-9,14H2,1-6H3,(H,22,27). The molecule has 2 aromatic rings. The lowest BCUT2D eigenvalue weighted by Crippen LogP contribution is -2.27. The van der Waals surface area contributed by atoms with Gasteiger partial charge in [0.2, 0.25) is 11.7 Å². The van der Waals surface area contributed by atoms with Crippen LogP contribution < -0.4 is 5.32 Å². The lowest BCUT2D eigenvalue weighted by molar-refractivity contribution is -0.123. The Morgan fingerprint density at radius 2 is 1.54 bits per heavy atom. The molecule has 0 saturated heterocycles. The quantitative estimate of drug-likeness (QED) is 0.723. The normalized spacial score (nSPS) is 12.1. The van der Waals surface area contributed by atoms with E-state index in [2.05, 4.69) is 25.7 Å². The fourth-order valence-electron chi connectivity index (χ4n) is 2.25. The van der Waals surface area contributed by atoms with Gasteiger partial charge in [-0.05, 0) is 57.9 Å². The zero-order valence-electron chi connectivity index (χ0n) is 17.7. The minimum absolute atomic E-state index is 0.0305. The number of carbonyl (C=O) groups excluding carboxylic acids is 1. The molecule has 0 spiro atoms. The number of hydrogen-bond acceptors (Lipinski definition) is 6. The average Bonchev–Trinajstić information content (AvgIpc) is 2.61. The highest BCUT2D eigenvalue weighted by Gasteiger charge is 2.21. The molecule has 0 aliphatic heterocycles. The third-order valence-electron chi connectivity index (χ3n) is 3.93. The summed E-state index contributed by atoms with van der Waals surface area (Å²) >= 11 is 0. The van der Waals surface area contributed by atoms with Gasteiger partial charge in [0.25, 0.3) is 0 Å². The van der Waals surface area contributed by atoms with E-state index in [4.69, 9.17) is 4.74 Å². The van der Waals surface area contributed by atoms with Crippen LogP contribution in [0.4, 0.5) is 5.69 Å². The van der Waals surface area contributed by atoms with Crippen molar-refractivity contribution in [2.24, 2.45) is 5.41 Å². The smallest absolute Gasteiger partial charge is 0.229 e. The molecule has 0 bridgehead atoms. The largest absolute Gasteiger partial charge is 0.376 e. The van der Waals surface area contributed by atoms with Gasteiger partial charge in [-0.3, -0.25) is 4.79 Å². The molecule has 28 heavy (non-hydrogen) atoms. The van der Waals surface area contributed by atoms with Crippen molar-refractivity contribution in [2.45, 2.75) is 66.4 Å². The molecule has 1 N–H and O–H groups in total. The highest BCUT2D eigenvalue weighted by atomic mass is 16.5. The molecular weight excluding hydrogens is 354 g/mol. The van der Waals surface area contributed by atoms with E-state index >= 15 is 0 Å². The van der Waals surface area contributed by atoms with Crippen LogP contribution in [0.25, 0.3) is 11.4 Å². The molecule has 0 aliphatic rings. The molecule has 0 unspecified atom stereocenters. The minimum Gasteiger partial charge on any atom is -0.376 e. The summed E-state index contributed by atoms with van der Waals surface area (Å²) in [4.78, 5) is 12.0. The molecule has 0 atom stereocenters. The molecular formula is C21H31N5O2. The predicted octanol–water partition coefficient (Wildman–Crippen LogP) is 4.06. The monoisotopic (exact) mass is 385 g/mol. The topological polar surface area (TPSA) is 89.9 Å². The number of amides is 1. The van der Waals surface area contributed by atoms with E-state index in [-0.39, 0.29) is 11.5 Å². The van der Waals surface area contributed by atoms with Crippen molar-refractivity contribution in [3.05, 3.63) is 30.1 Å². The van der Waals surface area contributed by atoms with E-state index in [1.54, 1.807) is 0 Å². The molecule has 2 rings (SSSR count). The van der Waals surface area contributed by atoms with E-state index in [0.29, 0.717) is 11.6 Å². The van der Waals surface area contributed by atoms with Gasteiger partial charge >= 0.3 is 0 Å². The Morgan fingerprint density at radius 1 is 0.929 bits per heavy atom. The summed E-state index contributed by atoms with van der Waals surface area (Å²) < 4.78 is 5.70. The third-order valence-corrected chi connectivity index (χ3v) is 3.93. The van der Waals surface area contributed by atoms with Gasteiger partial charge in [-0.2, -0.15) is 0 Å². The van der Waals surface area contributed by atoms with Crippen molar-refractivity contribution in [1.82, 2.24) is 20.4 Å². The van der Waals surface area contributed by atoms with Crippen molar-refractivity contribution >= 4 is 11.6 Å². The van der Waals surface area contributed by atoms with Gasteiger partial charge in [-0.25, -0.2) is 0 Å². The summed E-state index contributed by atoms with van der Waals surface area (Å²) in [5.41, 5.74) is 0.994. The molecule has 0 saturated carbocycles. The van der Waals surface area contributed by atoms with Gasteiger partial charge in [-0.15, -0.1) is 20.4 Å². The lowest BCUT2D eigenvalue weighted by Gasteiger charge is -2.19. The molecule has 1 amide bonds. The molecule has 7 nitrogen and oxygen atoms in total. The molecule has 1 aromatic heterocycles. The van der Waals surface area contributed by atoms with Crippen LogP contribution in [0.3, 0.4) is 0 Å². The van der Waals surface area contributed by atoms with Crippen LogP contribution in [-0.4, -0.2) is 38.5 Å². The zero-order chi connectivity index (χ0) is 20.8. The van der Waals surface area contributed by atoms with Crippen LogP contribution in [0.1, 0.15) is 60.2 Å². The number of aromatic nitrogens is 4. The summed E-state index contributed by atoms with van der Waals surface area (Å²) in [5.74, 6) is 1.07. The highest BCUT2D eigenvalue weighted by Crippen LogP contribution is 2.20. The summed E-state index contributed by atoms with van der Waals surface area (Å²) in [5, 5.41) is 19.6. The number of hydrogen-bond donors (Lipinski definition) is 1. The number of nitrogens with one attached hydrogen (secondary N) is 1. The van der Waals surface area contributed by atoms with E-state index in [1.807, 2.05) is 65.8 Å². The van der Waals surface area contributed by atoms with Gasteiger partial charge in [0.1, 0.15) is 0 Å². The number of nitrogens with zero attached hydrogens (tertiary/aromatic N) is 4. The molecule has 0 aliphatic carbocycles. The fourth-order valence-corrected chi connectivity index (χ4v) is 2.25. The first kappa shape index (κ1) is 21.9. The third kappa shape index (κ3) is 7.31. The number of unbranched alkanes of at least 4 members (excludes halogenated alkanes) is 1. The van der Waals surface area contributed by atoms with Crippen LogP contribution in [0.5, 0.6) is 0 Å². The number of ether oxygens (including phenoxy) is 1. The Labute approximate surface area is 167 Å². The van der Waals surface area contributed by atoms with E-state index in [9.17, 15) is 4.79 Å². The second-order valence-corrected chi connectivity index (χ2v) is 8.84. The highest BCUT2D eigenvalue weighted by molar-refractivity contribution is 5.94. The summed E-state index contributed by atoms with van der Waals surface area (Å²) in [6, 6.07) is 7.35. The predicted molar refractivity (Wildman–Crippen MR) is 110 cm³/mol. The molecule has 7 heteroatoms. The summed E-state index contributed by atoms with van der Waals surface area (Å²) in [6.07, 6.45) is 2.61. The Bertz CT molecular complexity index is 759. The Hall–Kier alpha value is -2.41. The molecule has 0 fully saturated rings. The Morgan fingerprint density at radius 3 is 2.07 bits per heavy atom. The van der Waals surface area contributed by atoms with E-state index in [0.717, 1.165) is 37.1 Å². The maximum atomic E-state index is 12.0. The summed E-state index contributed by atoms with van der Waals surface area (Å²) in [7, 11) is 0. The molecule has 0 radical (unpaired) electrons. The van der Waals surface area contributed by atoms with Crippen molar-refractivity contribution in [3.8, 4) is 11.4 Å². The van der Waals surface area contributed by atoms with Gasteiger partial charge in [0, 0.05) is 29.7 Å². The zero-order valence-corrected chi connectivity index (χ0v) is 17.7. The van der Waals surface area contributed by atoms with Gasteiger partial charge in [0.15, 0.2) is 5.82 Å². The minimum atomic E-state index is -0.440. The van der Waals surface area contributed by atoms with Crippen LogP contribution in [0.2, 0.25) is 0 Å². The molecule has 1 heterocycles. The first-order valence-electron chi connectivity index (χ1n) is 9.67. The van der Waals surface area contributed by atoms with Crippen molar-refractivity contribution < 1.29 is 9.53 Å². The maximum Gasteiger partial charge on any atom is 0.229 e. The van der Waals surface area contributed by atoms with Crippen LogP contribution >= 0.6 is 0 Å². The number of rotatable bonds is 7. The first-order chi connectivity index (χ1) is 13.0. The second kappa shape index (κ2) is 9.19. The van der Waals surface area contributed by atoms with Crippen LogP contribution in [-0.2, 0) is 16.0 Å². The number of benzene rings is 1. The Balaban J connectivity index is 1.86. The van der Waals surface area contributed by atoms with Gasteiger partial charge in [-0.1, -0.05) is 20.8 Å². The van der Waals surface area contributed by atoms with Crippen LogP contribution in [0.15, 0.2) is 24.3 Å². The maximum absolute atomic E-state index is 12.0. The summed E-state index contributed by atoms with van der Waals surface area (Å²) in [6.45, 7) is 12.5. The number of anilines is 1. The van der Waals surface area contributed by atoms with E-state index in [1.165, 1.54) is 0 Å². The van der Waals surface area contributed by atoms with Crippen molar-refractivity contribution in [2.75, 3.05) is 11.9 Å². The second-order valence-electron chi connectivity index (χ2n) is 8.84. The van der Waals surface area contributed by atoms with Crippen LogP contribution in [0, 0.1) is 5.41 Å². The van der Waals surface area contributed by atoms with Gasteiger partial charge < -0.3 is 10.1 Å². The number of aryl methyl sites for hydroxylation is 1. The SMILES string of the molecule is CC(C)(C)OCCCCc1nnc(-c2ccc(NC(=O)C(C)(C)C)cc2)nn1. The van der Waals surface area contributed by atoms with Gasteiger partial charge in [0.05, 0.1) is 5.60 Å². The van der Waals surface area contributed by atoms with Crippen molar-refractivity contribution in [1.29, 1.82) is 0 Å². The molecule has 1 aromatic carbocycles. The average molecular weight is 386 g/mol. The van der Waals surface area contributed by atoms with E-state index < -0.39 is 5.41 Å². The lowest BCUT2D eigenvalue weighted by atomic mass is 9.95.